The molecule has 3 N–H and O–H groups in total. The smallest absolute Gasteiger partial charge is 0.274 e. The van der Waals surface area contributed by atoms with Gasteiger partial charge in [-0.3, -0.25) is 10.0 Å². The van der Waals surface area contributed by atoms with Gasteiger partial charge in [0.25, 0.3) is 5.91 Å². The Bertz CT molecular complexity index is 721. The number of likely N-dealkylation sites (N-methyl/N-ethyl adjacent to an activating group) is 1. The normalized spacial score (nSPS) is 11.0. The Morgan fingerprint density at radius 2 is 2.17 bits per heavy atom. The summed E-state index contributed by atoms with van der Waals surface area (Å²) in [7, 11) is 0. The maximum absolute atomic E-state index is 11.5. The Hall–Kier alpha value is -2.18. The van der Waals surface area contributed by atoms with Crippen LogP contribution in [0.15, 0.2) is 24.8 Å². The number of carbonyl (C=O) groups excluding carboxylic acids is 1. The summed E-state index contributed by atoms with van der Waals surface area (Å²) >= 11 is 0. The van der Waals surface area contributed by atoms with Crippen molar-refractivity contribution in [1.29, 1.82) is 0 Å². The summed E-state index contributed by atoms with van der Waals surface area (Å²) < 4.78 is 2.24. The molecule has 1 aromatic heterocycles. The molecule has 24 heavy (non-hydrogen) atoms. The molecule has 0 spiro atoms. The lowest BCUT2D eigenvalue weighted by atomic mass is 10.1. The first-order chi connectivity index (χ1) is 11.6. The van der Waals surface area contributed by atoms with E-state index in [2.05, 4.69) is 30.3 Å². The van der Waals surface area contributed by atoms with Crippen LogP contribution in [-0.4, -0.2) is 33.8 Å². The van der Waals surface area contributed by atoms with Crippen molar-refractivity contribution in [1.82, 2.24) is 20.3 Å². The predicted octanol–water partition coefficient (Wildman–Crippen LogP) is 2.51. The number of rotatable bonds is 9. The maximum atomic E-state index is 11.5. The van der Waals surface area contributed by atoms with E-state index in [-0.39, 0.29) is 5.57 Å². The molecule has 0 saturated carbocycles. The van der Waals surface area contributed by atoms with Gasteiger partial charge in [0.15, 0.2) is 0 Å². The second kappa shape index (κ2) is 8.61. The van der Waals surface area contributed by atoms with E-state index in [1.165, 1.54) is 0 Å². The Balaban J connectivity index is 2.37. The Morgan fingerprint density at radius 3 is 2.83 bits per heavy atom. The summed E-state index contributed by atoms with van der Waals surface area (Å²) in [6.45, 7) is 10.7. The van der Waals surface area contributed by atoms with Gasteiger partial charge < -0.3 is 9.88 Å². The average Bonchev–Trinajstić information content (AvgIpc) is 2.95. The van der Waals surface area contributed by atoms with Gasteiger partial charge in [-0.05, 0) is 30.7 Å². The highest BCUT2D eigenvalue weighted by molar-refractivity contribution is 6.18. The van der Waals surface area contributed by atoms with Crippen LogP contribution in [0.2, 0.25) is 0 Å². The van der Waals surface area contributed by atoms with Gasteiger partial charge in [0.05, 0.1) is 11.0 Å². The van der Waals surface area contributed by atoms with Crippen molar-refractivity contribution in [3.05, 3.63) is 36.2 Å². The molecule has 1 heterocycles. The molecule has 0 aliphatic rings. The van der Waals surface area contributed by atoms with Crippen LogP contribution in [0, 0.1) is 0 Å². The molecule has 6 nitrogen and oxygen atoms in total. The first-order valence-corrected chi connectivity index (χ1v) is 8.45. The van der Waals surface area contributed by atoms with Gasteiger partial charge in [0.1, 0.15) is 5.82 Å². The van der Waals surface area contributed by atoms with Crippen molar-refractivity contribution in [2.75, 3.05) is 13.1 Å². The fourth-order valence-corrected chi connectivity index (χ4v) is 2.71. The third-order valence-electron chi connectivity index (χ3n) is 4.07. The summed E-state index contributed by atoms with van der Waals surface area (Å²) in [5.41, 5.74) is 4.40. The number of benzene rings is 1. The van der Waals surface area contributed by atoms with E-state index >= 15 is 0 Å². The van der Waals surface area contributed by atoms with Crippen molar-refractivity contribution < 1.29 is 10.0 Å². The molecule has 2 rings (SSSR count). The van der Waals surface area contributed by atoms with Crippen LogP contribution in [0.1, 0.15) is 38.1 Å². The van der Waals surface area contributed by atoms with E-state index in [1.54, 1.807) is 5.48 Å². The number of imidazole rings is 1. The number of unbranched alkanes of at least 4 members (excludes halogenated alkanes) is 1. The van der Waals surface area contributed by atoms with Gasteiger partial charge in [-0.2, -0.15) is 0 Å². The number of hydroxylamine groups is 1. The lowest BCUT2D eigenvalue weighted by molar-refractivity contribution is -0.123. The highest BCUT2D eigenvalue weighted by Gasteiger charge is 2.14. The number of aromatic nitrogens is 2. The zero-order chi connectivity index (χ0) is 17.5. The lowest BCUT2D eigenvalue weighted by Crippen LogP contribution is -2.20. The number of aryl methyl sites for hydroxylation is 1. The summed E-state index contributed by atoms with van der Waals surface area (Å²) in [6, 6.07) is 5.66. The zero-order valence-electron chi connectivity index (χ0n) is 14.4. The summed E-state index contributed by atoms with van der Waals surface area (Å²) in [6.07, 6.45) is 3.15. The molecule has 0 saturated heterocycles. The molecule has 0 bridgehead atoms. The number of nitrogens with zero attached hydrogens (tertiary/aromatic N) is 2. The maximum Gasteiger partial charge on any atom is 0.274 e. The van der Waals surface area contributed by atoms with Crippen molar-refractivity contribution in [2.24, 2.45) is 0 Å². The van der Waals surface area contributed by atoms with Crippen molar-refractivity contribution in [3.8, 4) is 0 Å². The van der Waals surface area contributed by atoms with Crippen LogP contribution in [0.5, 0.6) is 0 Å². The first kappa shape index (κ1) is 18.2. The summed E-state index contributed by atoms with van der Waals surface area (Å²) in [4.78, 5) is 16.3. The minimum absolute atomic E-state index is 0.219. The van der Waals surface area contributed by atoms with Crippen molar-refractivity contribution >= 4 is 22.5 Å². The Morgan fingerprint density at radius 1 is 1.38 bits per heavy atom. The first-order valence-electron chi connectivity index (χ1n) is 8.45. The van der Waals surface area contributed by atoms with Crippen LogP contribution >= 0.6 is 0 Å². The molecule has 1 aromatic carbocycles. The SMILES string of the molecule is C=C(C(=O)NO)c1ccc2c(c1)nc(CCCC)n2CCNCC. The van der Waals surface area contributed by atoms with Crippen LogP contribution < -0.4 is 10.8 Å². The minimum Gasteiger partial charge on any atom is -0.327 e. The number of amides is 1. The molecular formula is C18H26N4O2. The van der Waals surface area contributed by atoms with E-state index in [9.17, 15) is 4.79 Å². The minimum atomic E-state index is -0.605. The van der Waals surface area contributed by atoms with Gasteiger partial charge in [0.2, 0.25) is 0 Å². The Labute approximate surface area is 142 Å². The molecule has 0 radical (unpaired) electrons. The molecule has 0 unspecified atom stereocenters. The highest BCUT2D eigenvalue weighted by atomic mass is 16.5. The standard InChI is InChI=1S/C18H26N4O2/c1-4-6-7-17-20-15-12-14(13(3)18(23)21-24)8-9-16(15)22(17)11-10-19-5-2/h8-9,12,19,24H,3-7,10-11H2,1-2H3,(H,21,23). The second-order valence-corrected chi connectivity index (χ2v) is 5.76. The largest absolute Gasteiger partial charge is 0.327 e. The van der Waals surface area contributed by atoms with E-state index in [0.717, 1.165) is 55.8 Å². The predicted molar refractivity (Wildman–Crippen MR) is 95.9 cm³/mol. The van der Waals surface area contributed by atoms with Gasteiger partial charge >= 0.3 is 0 Å². The Kier molecular flexibility index (Phi) is 6.52. The lowest BCUT2D eigenvalue weighted by Gasteiger charge is -2.10. The number of nitrogens with one attached hydrogen (secondary N) is 2. The second-order valence-electron chi connectivity index (χ2n) is 5.76. The van der Waals surface area contributed by atoms with E-state index in [0.29, 0.717) is 5.56 Å². The monoisotopic (exact) mass is 330 g/mol. The molecule has 0 aliphatic heterocycles. The van der Waals surface area contributed by atoms with Gasteiger partial charge in [0, 0.05) is 25.1 Å². The number of fused-ring (bicyclic) bond motifs is 1. The molecule has 2 aromatic rings. The van der Waals surface area contributed by atoms with Crippen LogP contribution in [0.25, 0.3) is 16.6 Å². The third kappa shape index (κ3) is 4.01. The average molecular weight is 330 g/mol. The quantitative estimate of drug-likeness (QED) is 0.286. The third-order valence-corrected chi connectivity index (χ3v) is 4.07. The topological polar surface area (TPSA) is 79.2 Å². The number of hydrogen-bond donors (Lipinski definition) is 3. The van der Waals surface area contributed by atoms with E-state index in [4.69, 9.17) is 10.2 Å². The van der Waals surface area contributed by atoms with Crippen LogP contribution in [-0.2, 0) is 17.8 Å². The molecular weight excluding hydrogens is 304 g/mol. The molecule has 1 amide bonds. The fourth-order valence-electron chi connectivity index (χ4n) is 2.71. The summed E-state index contributed by atoms with van der Waals surface area (Å²) in [5, 5.41) is 12.1. The highest BCUT2D eigenvalue weighted by Crippen LogP contribution is 2.22. The molecule has 6 heteroatoms. The molecule has 0 atom stereocenters. The number of hydrogen-bond acceptors (Lipinski definition) is 4. The van der Waals surface area contributed by atoms with Gasteiger partial charge in [-0.25, -0.2) is 10.5 Å². The number of carbonyl (C=O) groups is 1. The molecule has 0 aliphatic carbocycles. The van der Waals surface area contributed by atoms with Crippen LogP contribution in [0.3, 0.4) is 0 Å². The molecule has 130 valence electrons. The zero-order valence-corrected chi connectivity index (χ0v) is 14.4. The molecule has 0 fully saturated rings. The van der Waals surface area contributed by atoms with Gasteiger partial charge in [-0.1, -0.05) is 32.9 Å². The van der Waals surface area contributed by atoms with Crippen LogP contribution in [0.4, 0.5) is 0 Å². The van der Waals surface area contributed by atoms with E-state index in [1.807, 2.05) is 18.2 Å². The fraction of sp³-hybridized carbons (Fsp3) is 0.444. The van der Waals surface area contributed by atoms with E-state index < -0.39 is 5.91 Å². The summed E-state index contributed by atoms with van der Waals surface area (Å²) in [5.74, 6) is 0.464. The van der Waals surface area contributed by atoms with Crippen molar-refractivity contribution in [3.63, 3.8) is 0 Å². The van der Waals surface area contributed by atoms with Crippen molar-refractivity contribution in [2.45, 2.75) is 39.7 Å². The van der Waals surface area contributed by atoms with Gasteiger partial charge in [-0.15, -0.1) is 0 Å².